The van der Waals surface area contributed by atoms with Gasteiger partial charge in [-0.3, -0.25) is 4.90 Å². The van der Waals surface area contributed by atoms with Crippen molar-refractivity contribution in [2.24, 2.45) is 0 Å². The molecule has 0 N–H and O–H groups in total. The lowest BCUT2D eigenvalue weighted by atomic mass is 9.96. The van der Waals surface area contributed by atoms with E-state index in [0.29, 0.717) is 5.56 Å². The molecule has 1 fully saturated rings. The molecule has 0 saturated carbocycles. The summed E-state index contributed by atoms with van der Waals surface area (Å²) in [6.07, 6.45) is 0. The molecule has 110 valence electrons. The molecule has 1 aliphatic heterocycles. The molecule has 3 heteroatoms. The van der Waals surface area contributed by atoms with Crippen molar-refractivity contribution in [3.8, 4) is 0 Å². The molecule has 1 atom stereocenters. The second-order valence-electron chi connectivity index (χ2n) is 5.38. The average Bonchev–Trinajstić information content (AvgIpc) is 2.64. The predicted molar refractivity (Wildman–Crippen MR) is 88.8 cm³/mol. The largest absolute Gasteiger partial charge is 0.304 e. The number of likely N-dealkylation sites (N-methyl/N-ethyl adjacent to an activating group) is 1. The smallest absolute Gasteiger partial charge is 0.0639 e. The molecule has 2 nitrogen and oxygen atoms in total. The summed E-state index contributed by atoms with van der Waals surface area (Å²) in [6.45, 7) is 3.41. The van der Waals surface area contributed by atoms with Gasteiger partial charge in [0, 0.05) is 31.2 Å². The summed E-state index contributed by atoms with van der Waals surface area (Å²) < 4.78 is 32.9. The van der Waals surface area contributed by atoms with Crippen LogP contribution in [0.4, 0.5) is 0 Å². The summed E-state index contributed by atoms with van der Waals surface area (Å²) in [5.74, 6) is 0. The highest BCUT2D eigenvalue weighted by Gasteiger charge is 2.25. The van der Waals surface area contributed by atoms with Gasteiger partial charge in [-0.1, -0.05) is 54.0 Å². The van der Waals surface area contributed by atoms with Crippen LogP contribution in [0.5, 0.6) is 0 Å². The Bertz CT molecular complexity index is 732. The van der Waals surface area contributed by atoms with E-state index in [1.54, 1.807) is 0 Å². The third-order valence-corrected chi connectivity index (χ3v) is 4.09. The Balaban J connectivity index is 2.16. The van der Waals surface area contributed by atoms with Crippen LogP contribution in [0.25, 0.3) is 0 Å². The van der Waals surface area contributed by atoms with Crippen LogP contribution in [-0.2, 0) is 0 Å². The summed E-state index contributed by atoms with van der Waals surface area (Å²) in [4.78, 5) is 4.48. The standard InChI is InChI=1S/C18H21ClN2/c1-20-11-13-21(14-12-20)18(15-5-3-2-4-6-15)16-7-9-17(19)10-8-16/h2-10,18H,11-14H2,1H3/i7D,8D,9D,10D. The maximum atomic E-state index is 8.40. The van der Waals surface area contributed by atoms with Gasteiger partial charge in [-0.2, -0.15) is 0 Å². The molecule has 0 spiro atoms. The van der Waals surface area contributed by atoms with Crippen molar-refractivity contribution in [3.05, 3.63) is 70.7 Å². The van der Waals surface area contributed by atoms with Gasteiger partial charge in [-0.15, -0.1) is 0 Å². The molecule has 3 rings (SSSR count). The van der Waals surface area contributed by atoms with Crippen molar-refractivity contribution in [2.75, 3.05) is 33.2 Å². The summed E-state index contributed by atoms with van der Waals surface area (Å²) in [7, 11) is 2.08. The van der Waals surface area contributed by atoms with E-state index in [0.717, 1.165) is 31.7 Å². The van der Waals surface area contributed by atoms with Crippen LogP contribution in [0, 0.1) is 0 Å². The van der Waals surface area contributed by atoms with Crippen molar-refractivity contribution in [2.45, 2.75) is 6.04 Å². The number of hydrogen-bond acceptors (Lipinski definition) is 2. The minimum absolute atomic E-state index is 0.0567. The Labute approximate surface area is 137 Å². The van der Waals surface area contributed by atoms with Crippen LogP contribution >= 0.6 is 11.6 Å². The molecule has 1 saturated heterocycles. The van der Waals surface area contributed by atoms with E-state index in [-0.39, 0.29) is 35.2 Å². The maximum Gasteiger partial charge on any atom is 0.0639 e. The van der Waals surface area contributed by atoms with E-state index in [2.05, 4.69) is 16.8 Å². The Morgan fingerprint density at radius 3 is 2.19 bits per heavy atom. The summed E-state index contributed by atoms with van der Waals surface area (Å²) >= 11 is 5.98. The van der Waals surface area contributed by atoms with Crippen LogP contribution in [0.1, 0.15) is 22.7 Å². The number of rotatable bonds is 3. The number of benzene rings is 2. The first-order valence-electron chi connectivity index (χ1n) is 9.15. The van der Waals surface area contributed by atoms with Gasteiger partial charge in [-0.25, -0.2) is 0 Å². The lowest BCUT2D eigenvalue weighted by molar-refractivity contribution is 0.127. The van der Waals surface area contributed by atoms with E-state index in [4.69, 9.17) is 17.1 Å². The van der Waals surface area contributed by atoms with Crippen LogP contribution in [0.15, 0.2) is 54.5 Å². The molecule has 1 unspecified atom stereocenters. The zero-order valence-electron chi connectivity index (χ0n) is 16.1. The summed E-state index contributed by atoms with van der Waals surface area (Å²) in [5.41, 5.74) is 1.37. The monoisotopic (exact) mass is 304 g/mol. The Morgan fingerprint density at radius 1 is 0.952 bits per heavy atom. The van der Waals surface area contributed by atoms with E-state index in [1.165, 1.54) is 0 Å². The van der Waals surface area contributed by atoms with Crippen LogP contribution < -0.4 is 0 Å². The highest BCUT2D eigenvalue weighted by atomic mass is 35.5. The fraction of sp³-hybridized carbons (Fsp3) is 0.333. The molecule has 2 aromatic carbocycles. The first-order chi connectivity index (χ1) is 11.9. The molecule has 2 aromatic rings. The Hall–Kier alpha value is -1.35. The zero-order chi connectivity index (χ0) is 18.1. The minimum Gasteiger partial charge on any atom is -0.304 e. The van der Waals surface area contributed by atoms with Gasteiger partial charge in [-0.05, 0) is 30.3 Å². The van der Waals surface area contributed by atoms with Crippen molar-refractivity contribution < 1.29 is 5.48 Å². The van der Waals surface area contributed by atoms with Gasteiger partial charge in [0.05, 0.1) is 11.5 Å². The third-order valence-electron chi connectivity index (χ3n) is 3.91. The zero-order valence-corrected chi connectivity index (χ0v) is 12.8. The summed E-state index contributed by atoms with van der Waals surface area (Å²) in [5, 5.41) is -0.121. The van der Waals surface area contributed by atoms with Crippen LogP contribution in [-0.4, -0.2) is 43.0 Å². The molecule has 21 heavy (non-hydrogen) atoms. The molecular weight excluding hydrogens is 280 g/mol. The lowest BCUT2D eigenvalue weighted by Gasteiger charge is -2.38. The molecule has 0 amide bonds. The molecule has 0 radical (unpaired) electrons. The van der Waals surface area contributed by atoms with Crippen molar-refractivity contribution >= 4 is 11.6 Å². The third kappa shape index (κ3) is 3.46. The fourth-order valence-corrected chi connectivity index (χ4v) is 2.81. The fourth-order valence-electron chi connectivity index (χ4n) is 2.72. The molecular formula is C18H21ClN2. The molecule has 0 aromatic heterocycles. The second kappa shape index (κ2) is 6.61. The van der Waals surface area contributed by atoms with Gasteiger partial charge in [0.1, 0.15) is 0 Å². The summed E-state index contributed by atoms with van der Waals surface area (Å²) in [6, 6.07) is 8.98. The normalized spacial score (nSPS) is 21.2. The highest BCUT2D eigenvalue weighted by molar-refractivity contribution is 6.30. The van der Waals surface area contributed by atoms with Crippen molar-refractivity contribution in [1.29, 1.82) is 0 Å². The number of nitrogens with zero attached hydrogens (tertiary/aromatic N) is 2. The average molecular weight is 305 g/mol. The van der Waals surface area contributed by atoms with Gasteiger partial charge < -0.3 is 4.90 Å². The maximum absolute atomic E-state index is 8.40. The molecule has 1 aliphatic rings. The lowest BCUT2D eigenvalue weighted by Crippen LogP contribution is -2.46. The molecule has 0 aliphatic carbocycles. The highest BCUT2D eigenvalue weighted by Crippen LogP contribution is 2.30. The van der Waals surface area contributed by atoms with E-state index in [1.807, 2.05) is 30.3 Å². The Morgan fingerprint density at radius 2 is 1.57 bits per heavy atom. The minimum atomic E-state index is -0.319. The number of piperazine rings is 1. The van der Waals surface area contributed by atoms with Crippen molar-refractivity contribution in [3.63, 3.8) is 0 Å². The second-order valence-corrected chi connectivity index (χ2v) is 5.76. The van der Waals surface area contributed by atoms with Crippen molar-refractivity contribution in [1.82, 2.24) is 9.80 Å². The quantitative estimate of drug-likeness (QED) is 0.853. The first-order valence-corrected chi connectivity index (χ1v) is 7.53. The molecule has 1 heterocycles. The van der Waals surface area contributed by atoms with E-state index < -0.39 is 0 Å². The number of halogens is 1. The van der Waals surface area contributed by atoms with Crippen LogP contribution in [0.2, 0.25) is 5.02 Å². The first kappa shape index (κ1) is 10.4. The van der Waals surface area contributed by atoms with Gasteiger partial charge in [0.2, 0.25) is 0 Å². The Kier molecular flexibility index (Phi) is 3.27. The van der Waals surface area contributed by atoms with E-state index >= 15 is 0 Å². The van der Waals surface area contributed by atoms with Gasteiger partial charge >= 0.3 is 0 Å². The SMILES string of the molecule is [2H]c1c([2H])c(C(c2ccccc2)N2CCN(C)CC2)c([2H])c([2H])c1Cl. The van der Waals surface area contributed by atoms with Gasteiger partial charge in [0.25, 0.3) is 0 Å². The molecule has 0 bridgehead atoms. The predicted octanol–water partition coefficient (Wildman–Crippen LogP) is 3.68. The topological polar surface area (TPSA) is 6.48 Å². The van der Waals surface area contributed by atoms with E-state index in [9.17, 15) is 0 Å². The van der Waals surface area contributed by atoms with Gasteiger partial charge in [0.15, 0.2) is 0 Å². The van der Waals surface area contributed by atoms with Crippen LogP contribution in [0.3, 0.4) is 0 Å². The number of hydrogen-bond donors (Lipinski definition) is 0.